The monoisotopic (exact) mass is 370 g/mol. The van der Waals surface area contributed by atoms with E-state index in [-0.39, 0.29) is 11.5 Å². The normalized spacial score (nSPS) is 14.4. The van der Waals surface area contributed by atoms with Crippen molar-refractivity contribution >= 4 is 11.9 Å². The van der Waals surface area contributed by atoms with E-state index in [9.17, 15) is 13.6 Å². The Morgan fingerprint density at radius 2 is 1.67 bits per heavy atom. The number of rotatable bonds is 3. The van der Waals surface area contributed by atoms with Crippen LogP contribution >= 0.6 is 0 Å². The van der Waals surface area contributed by atoms with E-state index in [0.717, 1.165) is 17.7 Å². The molecule has 4 rings (SSSR count). The SMILES string of the molecule is O=C(c1ccc(F)c(F)c1)N1CCN(c2nnc(-c3ccccc3)o2)CC1. The van der Waals surface area contributed by atoms with Gasteiger partial charge in [-0.2, -0.15) is 0 Å². The molecule has 1 aliphatic heterocycles. The quantitative estimate of drug-likeness (QED) is 0.709. The highest BCUT2D eigenvalue weighted by Crippen LogP contribution is 2.22. The number of hydrogen-bond acceptors (Lipinski definition) is 5. The lowest BCUT2D eigenvalue weighted by molar-refractivity contribution is 0.0744. The molecule has 2 aromatic carbocycles. The smallest absolute Gasteiger partial charge is 0.318 e. The Balaban J connectivity index is 1.41. The number of carbonyl (C=O) groups is 1. The molecule has 1 aliphatic rings. The van der Waals surface area contributed by atoms with Gasteiger partial charge in [0.15, 0.2) is 11.6 Å². The summed E-state index contributed by atoms with van der Waals surface area (Å²) in [6.07, 6.45) is 0. The predicted octanol–water partition coefficient (Wildman–Crippen LogP) is 2.98. The highest BCUT2D eigenvalue weighted by Gasteiger charge is 2.25. The molecule has 6 nitrogen and oxygen atoms in total. The third kappa shape index (κ3) is 3.51. The zero-order valence-corrected chi connectivity index (χ0v) is 14.3. The summed E-state index contributed by atoms with van der Waals surface area (Å²) < 4.78 is 32.1. The summed E-state index contributed by atoms with van der Waals surface area (Å²) in [6.45, 7) is 1.85. The molecule has 0 bridgehead atoms. The van der Waals surface area contributed by atoms with Gasteiger partial charge in [-0.25, -0.2) is 8.78 Å². The molecule has 3 aromatic rings. The summed E-state index contributed by atoms with van der Waals surface area (Å²) in [4.78, 5) is 16.0. The minimum atomic E-state index is -1.03. The molecule has 0 spiro atoms. The van der Waals surface area contributed by atoms with Crippen LogP contribution in [0.5, 0.6) is 0 Å². The molecule has 27 heavy (non-hydrogen) atoms. The van der Waals surface area contributed by atoms with Gasteiger partial charge in [-0.3, -0.25) is 4.79 Å². The van der Waals surface area contributed by atoms with Gasteiger partial charge in [0.1, 0.15) is 0 Å². The van der Waals surface area contributed by atoms with Crippen molar-refractivity contribution in [3.63, 3.8) is 0 Å². The van der Waals surface area contributed by atoms with E-state index in [1.165, 1.54) is 6.07 Å². The van der Waals surface area contributed by atoms with E-state index in [1.54, 1.807) is 4.90 Å². The number of aromatic nitrogens is 2. The molecule has 0 aliphatic carbocycles. The summed E-state index contributed by atoms with van der Waals surface area (Å²) in [5, 5.41) is 8.15. The van der Waals surface area contributed by atoms with Crippen LogP contribution in [0.4, 0.5) is 14.8 Å². The van der Waals surface area contributed by atoms with Gasteiger partial charge in [-0.15, -0.1) is 5.10 Å². The number of carbonyl (C=O) groups excluding carboxylic acids is 1. The Hall–Kier alpha value is -3.29. The average molecular weight is 370 g/mol. The fraction of sp³-hybridized carbons (Fsp3) is 0.211. The van der Waals surface area contributed by atoms with E-state index in [4.69, 9.17) is 4.42 Å². The van der Waals surface area contributed by atoms with Crippen LogP contribution in [0.3, 0.4) is 0 Å². The van der Waals surface area contributed by atoms with Crippen LogP contribution in [0.25, 0.3) is 11.5 Å². The summed E-state index contributed by atoms with van der Waals surface area (Å²) in [5.74, 6) is -1.89. The first-order valence-electron chi connectivity index (χ1n) is 8.50. The van der Waals surface area contributed by atoms with Crippen molar-refractivity contribution in [2.24, 2.45) is 0 Å². The summed E-state index contributed by atoms with van der Waals surface area (Å²) in [7, 11) is 0. The van der Waals surface area contributed by atoms with Gasteiger partial charge in [-0.05, 0) is 30.3 Å². The van der Waals surface area contributed by atoms with Crippen LogP contribution in [0, 0.1) is 11.6 Å². The van der Waals surface area contributed by atoms with Crippen molar-refractivity contribution in [1.82, 2.24) is 15.1 Å². The zero-order valence-electron chi connectivity index (χ0n) is 14.3. The van der Waals surface area contributed by atoms with Crippen molar-refractivity contribution < 1.29 is 18.0 Å². The molecule has 0 saturated carbocycles. The van der Waals surface area contributed by atoms with Crippen LogP contribution in [-0.2, 0) is 0 Å². The van der Waals surface area contributed by atoms with Gasteiger partial charge in [0.2, 0.25) is 5.89 Å². The average Bonchev–Trinajstić information content (AvgIpc) is 3.21. The fourth-order valence-corrected chi connectivity index (χ4v) is 2.95. The maximum atomic E-state index is 13.4. The van der Waals surface area contributed by atoms with E-state index < -0.39 is 11.6 Å². The lowest BCUT2D eigenvalue weighted by Crippen LogP contribution is -2.49. The Labute approximate surface area is 154 Å². The lowest BCUT2D eigenvalue weighted by atomic mass is 10.1. The van der Waals surface area contributed by atoms with Gasteiger partial charge in [-0.1, -0.05) is 23.3 Å². The molecule has 2 heterocycles. The third-order valence-corrected chi connectivity index (χ3v) is 4.44. The van der Waals surface area contributed by atoms with Crippen LogP contribution in [0.2, 0.25) is 0 Å². The highest BCUT2D eigenvalue weighted by atomic mass is 19.2. The van der Waals surface area contributed by atoms with E-state index >= 15 is 0 Å². The second-order valence-corrected chi connectivity index (χ2v) is 6.16. The summed E-state index contributed by atoms with van der Waals surface area (Å²) >= 11 is 0. The van der Waals surface area contributed by atoms with Crippen LogP contribution in [0.15, 0.2) is 52.9 Å². The first-order chi connectivity index (χ1) is 13.1. The molecule has 0 atom stereocenters. The van der Waals surface area contributed by atoms with Crippen molar-refractivity contribution in [1.29, 1.82) is 0 Å². The number of benzene rings is 2. The fourth-order valence-electron chi connectivity index (χ4n) is 2.95. The molecule has 8 heteroatoms. The van der Waals surface area contributed by atoms with Gasteiger partial charge in [0.05, 0.1) is 0 Å². The summed E-state index contributed by atoms with van der Waals surface area (Å²) in [5.41, 5.74) is 0.968. The second-order valence-electron chi connectivity index (χ2n) is 6.16. The largest absolute Gasteiger partial charge is 0.403 e. The molecular weight excluding hydrogens is 354 g/mol. The Morgan fingerprint density at radius 1 is 0.926 bits per heavy atom. The third-order valence-electron chi connectivity index (χ3n) is 4.44. The van der Waals surface area contributed by atoms with Crippen molar-refractivity contribution in [2.75, 3.05) is 31.1 Å². The molecule has 0 unspecified atom stereocenters. The van der Waals surface area contributed by atoms with Gasteiger partial charge in [0, 0.05) is 37.3 Å². The first kappa shape index (κ1) is 17.1. The van der Waals surface area contributed by atoms with Crippen molar-refractivity contribution in [3.8, 4) is 11.5 Å². The number of amides is 1. The molecule has 138 valence electrons. The molecule has 1 amide bonds. The van der Waals surface area contributed by atoms with Gasteiger partial charge < -0.3 is 14.2 Å². The number of anilines is 1. The molecule has 1 fully saturated rings. The topological polar surface area (TPSA) is 62.5 Å². The Kier molecular flexibility index (Phi) is 4.53. The molecular formula is C19H16F2N4O2. The van der Waals surface area contributed by atoms with Crippen LogP contribution in [-0.4, -0.2) is 47.2 Å². The molecule has 0 radical (unpaired) electrons. The van der Waals surface area contributed by atoms with Crippen LogP contribution in [0.1, 0.15) is 10.4 Å². The maximum absolute atomic E-state index is 13.4. The zero-order chi connectivity index (χ0) is 18.8. The van der Waals surface area contributed by atoms with Crippen molar-refractivity contribution in [2.45, 2.75) is 0 Å². The second kappa shape index (κ2) is 7.14. The number of halogens is 2. The van der Waals surface area contributed by atoms with E-state index in [2.05, 4.69) is 10.2 Å². The lowest BCUT2D eigenvalue weighted by Gasteiger charge is -2.33. The Bertz CT molecular complexity index is 953. The minimum absolute atomic E-state index is 0.131. The highest BCUT2D eigenvalue weighted by molar-refractivity contribution is 5.94. The standard InChI is InChI=1S/C19H16F2N4O2/c20-15-7-6-14(12-16(15)21)18(26)24-8-10-25(11-9-24)19-23-22-17(27-19)13-4-2-1-3-5-13/h1-7,12H,8-11H2. The van der Waals surface area contributed by atoms with Gasteiger partial charge >= 0.3 is 6.01 Å². The maximum Gasteiger partial charge on any atom is 0.318 e. The predicted molar refractivity (Wildman–Crippen MR) is 94.2 cm³/mol. The molecule has 0 N–H and O–H groups in total. The number of piperazine rings is 1. The van der Waals surface area contributed by atoms with E-state index in [0.29, 0.717) is 38.1 Å². The molecule has 1 aromatic heterocycles. The van der Waals surface area contributed by atoms with Gasteiger partial charge in [0.25, 0.3) is 5.91 Å². The first-order valence-corrected chi connectivity index (χ1v) is 8.50. The minimum Gasteiger partial charge on any atom is -0.403 e. The van der Waals surface area contributed by atoms with Crippen molar-refractivity contribution in [3.05, 3.63) is 65.7 Å². The molecule has 1 saturated heterocycles. The van der Waals surface area contributed by atoms with Crippen LogP contribution < -0.4 is 4.90 Å². The Morgan fingerprint density at radius 3 is 2.37 bits per heavy atom. The number of hydrogen-bond donors (Lipinski definition) is 0. The van der Waals surface area contributed by atoms with E-state index in [1.807, 2.05) is 35.2 Å². The number of nitrogens with zero attached hydrogens (tertiary/aromatic N) is 4. The summed E-state index contributed by atoms with van der Waals surface area (Å²) in [6, 6.07) is 13.0.